The van der Waals surface area contributed by atoms with E-state index in [0.717, 1.165) is 64.7 Å². The van der Waals surface area contributed by atoms with Crippen LogP contribution in [0.4, 0.5) is 0 Å². The molecule has 6 nitrogen and oxygen atoms in total. The SMILES string of the molecule is CCOCC(=O)NCCCCCOCCCCCNC(=O)C(C)CC. The molecule has 0 saturated carbocycles. The van der Waals surface area contributed by atoms with Crippen molar-refractivity contribution >= 4 is 11.8 Å². The number of hydrogen-bond donors (Lipinski definition) is 2. The third-order valence-corrected chi connectivity index (χ3v) is 4.05. The molecule has 0 heterocycles. The molecule has 6 heteroatoms. The highest BCUT2D eigenvalue weighted by Crippen LogP contribution is 2.01. The Morgan fingerprint density at radius 2 is 1.44 bits per heavy atom. The quantitative estimate of drug-likeness (QED) is 0.392. The number of nitrogens with one attached hydrogen (secondary N) is 2. The highest BCUT2D eigenvalue weighted by Gasteiger charge is 2.08. The van der Waals surface area contributed by atoms with Crippen molar-refractivity contribution in [2.24, 2.45) is 5.92 Å². The molecule has 2 N–H and O–H groups in total. The predicted molar refractivity (Wildman–Crippen MR) is 100 cm³/mol. The summed E-state index contributed by atoms with van der Waals surface area (Å²) in [7, 11) is 0. The zero-order valence-electron chi connectivity index (χ0n) is 16.4. The van der Waals surface area contributed by atoms with Crippen LogP contribution in [0.2, 0.25) is 0 Å². The average Bonchev–Trinajstić information content (AvgIpc) is 2.62. The maximum Gasteiger partial charge on any atom is 0.245 e. The molecule has 0 aliphatic heterocycles. The van der Waals surface area contributed by atoms with E-state index in [9.17, 15) is 9.59 Å². The topological polar surface area (TPSA) is 76.7 Å². The summed E-state index contributed by atoms with van der Waals surface area (Å²) < 4.78 is 10.6. The van der Waals surface area contributed by atoms with Crippen molar-refractivity contribution in [1.82, 2.24) is 10.6 Å². The summed E-state index contributed by atoms with van der Waals surface area (Å²) >= 11 is 0. The maximum absolute atomic E-state index is 11.6. The van der Waals surface area contributed by atoms with Gasteiger partial charge in [-0.05, 0) is 51.9 Å². The molecule has 0 aliphatic rings. The number of ether oxygens (including phenoxy) is 2. The van der Waals surface area contributed by atoms with Crippen LogP contribution >= 0.6 is 0 Å². The molecule has 0 aliphatic carbocycles. The fourth-order valence-corrected chi connectivity index (χ4v) is 2.16. The Hall–Kier alpha value is -1.14. The van der Waals surface area contributed by atoms with Gasteiger partial charge in [-0.3, -0.25) is 9.59 Å². The van der Waals surface area contributed by atoms with E-state index in [4.69, 9.17) is 9.47 Å². The van der Waals surface area contributed by atoms with Crippen molar-refractivity contribution in [1.29, 1.82) is 0 Å². The number of rotatable bonds is 17. The molecule has 0 fully saturated rings. The van der Waals surface area contributed by atoms with E-state index in [1.165, 1.54) is 0 Å². The summed E-state index contributed by atoms with van der Waals surface area (Å²) in [5, 5.41) is 5.80. The number of amides is 2. The zero-order valence-corrected chi connectivity index (χ0v) is 16.4. The van der Waals surface area contributed by atoms with E-state index in [-0.39, 0.29) is 24.3 Å². The molecule has 1 atom stereocenters. The van der Waals surface area contributed by atoms with Crippen LogP contribution < -0.4 is 10.6 Å². The van der Waals surface area contributed by atoms with Crippen LogP contribution in [0.25, 0.3) is 0 Å². The lowest BCUT2D eigenvalue weighted by Crippen LogP contribution is -2.29. The Morgan fingerprint density at radius 3 is 2.00 bits per heavy atom. The van der Waals surface area contributed by atoms with Gasteiger partial charge in [0.25, 0.3) is 0 Å². The van der Waals surface area contributed by atoms with Gasteiger partial charge in [-0.15, -0.1) is 0 Å². The predicted octanol–water partition coefficient (Wildman–Crippen LogP) is 2.66. The molecule has 0 saturated heterocycles. The van der Waals surface area contributed by atoms with Gasteiger partial charge in [-0.1, -0.05) is 13.8 Å². The summed E-state index contributed by atoms with van der Waals surface area (Å²) in [5.41, 5.74) is 0. The van der Waals surface area contributed by atoms with Gasteiger partial charge in [-0.25, -0.2) is 0 Å². The largest absolute Gasteiger partial charge is 0.381 e. The van der Waals surface area contributed by atoms with Gasteiger partial charge in [-0.2, -0.15) is 0 Å². The molecule has 0 rings (SSSR count). The highest BCUT2D eigenvalue weighted by molar-refractivity contribution is 5.78. The van der Waals surface area contributed by atoms with Crippen molar-refractivity contribution in [3.63, 3.8) is 0 Å². The van der Waals surface area contributed by atoms with Crippen LogP contribution in [-0.2, 0) is 19.1 Å². The minimum absolute atomic E-state index is 0.0431. The van der Waals surface area contributed by atoms with Gasteiger partial charge >= 0.3 is 0 Å². The first-order valence-corrected chi connectivity index (χ1v) is 9.81. The summed E-state index contributed by atoms with van der Waals surface area (Å²) in [6, 6.07) is 0. The molecule has 0 spiro atoms. The van der Waals surface area contributed by atoms with Crippen LogP contribution in [0.3, 0.4) is 0 Å². The van der Waals surface area contributed by atoms with E-state index in [0.29, 0.717) is 13.2 Å². The number of unbranched alkanes of at least 4 members (excludes halogenated alkanes) is 4. The summed E-state index contributed by atoms with van der Waals surface area (Å²) in [6.45, 7) is 9.60. The van der Waals surface area contributed by atoms with Crippen molar-refractivity contribution in [3.05, 3.63) is 0 Å². The van der Waals surface area contributed by atoms with E-state index < -0.39 is 0 Å². The molecule has 0 radical (unpaired) electrons. The van der Waals surface area contributed by atoms with Gasteiger partial charge in [0.05, 0.1) is 0 Å². The average molecular weight is 359 g/mol. The Labute approximate surface area is 153 Å². The highest BCUT2D eigenvalue weighted by atomic mass is 16.5. The van der Waals surface area contributed by atoms with Crippen LogP contribution in [-0.4, -0.2) is 51.3 Å². The molecule has 1 unspecified atom stereocenters. The lowest BCUT2D eigenvalue weighted by atomic mass is 10.1. The lowest BCUT2D eigenvalue weighted by Gasteiger charge is -2.09. The molecule has 2 amide bonds. The molecular weight excluding hydrogens is 320 g/mol. The maximum atomic E-state index is 11.6. The van der Waals surface area contributed by atoms with E-state index in [1.807, 2.05) is 20.8 Å². The van der Waals surface area contributed by atoms with Crippen LogP contribution in [0.5, 0.6) is 0 Å². The third kappa shape index (κ3) is 16.1. The molecule has 148 valence electrons. The van der Waals surface area contributed by atoms with Gasteiger partial charge in [0.1, 0.15) is 6.61 Å². The first-order valence-electron chi connectivity index (χ1n) is 9.81. The summed E-state index contributed by atoms with van der Waals surface area (Å²) in [5.74, 6) is 0.229. The summed E-state index contributed by atoms with van der Waals surface area (Å²) in [4.78, 5) is 22.9. The molecule has 0 aromatic rings. The molecule has 25 heavy (non-hydrogen) atoms. The first-order chi connectivity index (χ1) is 12.1. The zero-order chi connectivity index (χ0) is 18.8. The standard InChI is InChI=1S/C19H38N2O4/c1-4-17(3)19(23)21-13-9-7-11-15-25-14-10-6-8-12-20-18(22)16-24-5-2/h17H,4-16H2,1-3H3,(H,20,22)(H,21,23). The molecular formula is C19H38N2O4. The van der Waals surface area contributed by atoms with Crippen molar-refractivity contribution in [2.45, 2.75) is 65.7 Å². The Kier molecular flexibility index (Phi) is 16.9. The Bertz CT molecular complexity index is 337. The smallest absolute Gasteiger partial charge is 0.245 e. The molecule has 0 bridgehead atoms. The van der Waals surface area contributed by atoms with Gasteiger partial charge in [0, 0.05) is 38.8 Å². The van der Waals surface area contributed by atoms with E-state index in [2.05, 4.69) is 10.6 Å². The van der Waals surface area contributed by atoms with Crippen molar-refractivity contribution in [2.75, 3.05) is 39.5 Å². The lowest BCUT2D eigenvalue weighted by molar-refractivity contribution is -0.125. The van der Waals surface area contributed by atoms with E-state index >= 15 is 0 Å². The van der Waals surface area contributed by atoms with Crippen molar-refractivity contribution in [3.8, 4) is 0 Å². The fourth-order valence-electron chi connectivity index (χ4n) is 2.16. The Balaban J connectivity index is 3.19. The van der Waals surface area contributed by atoms with Crippen LogP contribution in [0, 0.1) is 5.92 Å². The van der Waals surface area contributed by atoms with Gasteiger partial charge < -0.3 is 20.1 Å². The monoisotopic (exact) mass is 358 g/mol. The van der Waals surface area contributed by atoms with Gasteiger partial charge in [0.2, 0.25) is 11.8 Å². The van der Waals surface area contributed by atoms with Crippen molar-refractivity contribution < 1.29 is 19.1 Å². The third-order valence-electron chi connectivity index (χ3n) is 4.05. The molecule has 0 aromatic heterocycles. The number of carbonyl (C=O) groups excluding carboxylic acids is 2. The normalized spacial score (nSPS) is 12.0. The minimum atomic E-state index is -0.0431. The summed E-state index contributed by atoms with van der Waals surface area (Å²) in [6.07, 6.45) is 7.05. The van der Waals surface area contributed by atoms with Crippen LogP contribution in [0.1, 0.15) is 65.7 Å². The van der Waals surface area contributed by atoms with Gasteiger partial charge in [0.15, 0.2) is 0 Å². The second kappa shape index (κ2) is 17.7. The minimum Gasteiger partial charge on any atom is -0.381 e. The Morgan fingerprint density at radius 1 is 0.840 bits per heavy atom. The van der Waals surface area contributed by atoms with Crippen LogP contribution in [0.15, 0.2) is 0 Å². The second-order valence-corrected chi connectivity index (χ2v) is 6.32. The second-order valence-electron chi connectivity index (χ2n) is 6.32. The number of hydrogen-bond acceptors (Lipinski definition) is 4. The first kappa shape index (κ1) is 23.9. The fraction of sp³-hybridized carbons (Fsp3) is 0.895. The molecule has 0 aromatic carbocycles. The number of carbonyl (C=O) groups is 2. The van der Waals surface area contributed by atoms with E-state index in [1.54, 1.807) is 0 Å².